The highest BCUT2D eigenvalue weighted by molar-refractivity contribution is 5.92. The van der Waals surface area contributed by atoms with E-state index in [9.17, 15) is 9.59 Å². The van der Waals surface area contributed by atoms with Crippen molar-refractivity contribution in [1.82, 2.24) is 0 Å². The molecule has 0 N–H and O–H groups in total. The van der Waals surface area contributed by atoms with E-state index in [1.165, 1.54) is 14.0 Å². The fourth-order valence-electron chi connectivity index (χ4n) is 1.70. The molecule has 3 heteroatoms. The van der Waals surface area contributed by atoms with Gasteiger partial charge in [0.2, 0.25) is 0 Å². The van der Waals surface area contributed by atoms with E-state index >= 15 is 0 Å². The van der Waals surface area contributed by atoms with Crippen LogP contribution >= 0.6 is 0 Å². The minimum Gasteiger partial charge on any atom is -0.469 e. The molecule has 0 bridgehead atoms. The van der Waals surface area contributed by atoms with Crippen LogP contribution in [0, 0.1) is 0 Å². The quantitative estimate of drug-likeness (QED) is 0.432. The number of hydrogen-bond acceptors (Lipinski definition) is 3. The molecule has 0 unspecified atom stereocenters. The first-order valence-electron chi connectivity index (χ1n) is 6.64. The molecule has 0 aliphatic carbocycles. The largest absolute Gasteiger partial charge is 0.469 e. The zero-order chi connectivity index (χ0) is 14.8. The van der Waals surface area contributed by atoms with Crippen molar-refractivity contribution in [2.45, 2.75) is 26.2 Å². The minimum absolute atomic E-state index is 0.0295. The molecular formula is C17H20O3. The van der Waals surface area contributed by atoms with Gasteiger partial charge in [0, 0.05) is 6.42 Å². The fourth-order valence-corrected chi connectivity index (χ4v) is 1.70. The van der Waals surface area contributed by atoms with Gasteiger partial charge in [0.1, 0.15) is 0 Å². The van der Waals surface area contributed by atoms with Gasteiger partial charge in [-0.25, -0.2) is 0 Å². The summed E-state index contributed by atoms with van der Waals surface area (Å²) in [5.41, 5.74) is 2.06. The van der Waals surface area contributed by atoms with Crippen molar-refractivity contribution in [3.05, 3.63) is 47.5 Å². The molecule has 0 aliphatic rings. The van der Waals surface area contributed by atoms with Crippen molar-refractivity contribution in [2.75, 3.05) is 7.11 Å². The van der Waals surface area contributed by atoms with E-state index in [1.807, 2.05) is 42.5 Å². The number of allylic oxidation sites excluding steroid dienone is 2. The molecule has 0 spiro atoms. The number of unbranched alkanes of at least 4 members (excludes halogenated alkanes) is 1. The maximum absolute atomic E-state index is 11.0. The van der Waals surface area contributed by atoms with Gasteiger partial charge in [0.05, 0.1) is 7.11 Å². The van der Waals surface area contributed by atoms with Crippen molar-refractivity contribution in [3.8, 4) is 0 Å². The summed E-state index contributed by atoms with van der Waals surface area (Å²) in [6, 6.07) is 7.86. The Morgan fingerprint density at radius 3 is 2.40 bits per heavy atom. The third kappa shape index (κ3) is 6.14. The molecule has 0 atom stereocenters. The Balaban J connectivity index is 2.58. The van der Waals surface area contributed by atoms with E-state index in [4.69, 9.17) is 0 Å². The molecule has 0 aliphatic heterocycles. The van der Waals surface area contributed by atoms with E-state index < -0.39 is 0 Å². The number of ketones is 1. The van der Waals surface area contributed by atoms with Crippen molar-refractivity contribution in [1.29, 1.82) is 0 Å². The summed E-state index contributed by atoms with van der Waals surface area (Å²) < 4.78 is 4.58. The average Bonchev–Trinajstić information content (AvgIpc) is 2.45. The Kier molecular flexibility index (Phi) is 7.04. The molecule has 0 heterocycles. The fraction of sp³-hybridized carbons (Fsp3) is 0.294. The summed E-state index contributed by atoms with van der Waals surface area (Å²) in [6.45, 7) is 1.53. The molecule has 106 valence electrons. The SMILES string of the molecule is COC(=O)CCC/C=C/c1ccccc1/C=C/C(C)=O. The molecule has 0 aromatic heterocycles. The molecular weight excluding hydrogens is 252 g/mol. The molecule has 0 fully saturated rings. The third-order valence-electron chi connectivity index (χ3n) is 2.77. The van der Waals surface area contributed by atoms with Crippen LogP contribution in [0.2, 0.25) is 0 Å². The lowest BCUT2D eigenvalue weighted by Crippen LogP contribution is -1.98. The van der Waals surface area contributed by atoms with Crippen LogP contribution in [-0.4, -0.2) is 18.9 Å². The lowest BCUT2D eigenvalue weighted by Gasteiger charge is -2.00. The highest BCUT2D eigenvalue weighted by Gasteiger charge is 1.98. The van der Waals surface area contributed by atoms with Crippen molar-refractivity contribution in [3.63, 3.8) is 0 Å². The average molecular weight is 272 g/mol. The van der Waals surface area contributed by atoms with E-state index in [-0.39, 0.29) is 11.8 Å². The summed E-state index contributed by atoms with van der Waals surface area (Å²) in [7, 11) is 1.40. The normalized spacial score (nSPS) is 11.1. The van der Waals surface area contributed by atoms with Gasteiger partial charge in [-0.3, -0.25) is 9.59 Å². The van der Waals surface area contributed by atoms with Gasteiger partial charge in [-0.15, -0.1) is 0 Å². The summed E-state index contributed by atoms with van der Waals surface area (Å²) in [4.78, 5) is 21.9. The number of rotatable bonds is 7. The number of esters is 1. The van der Waals surface area contributed by atoms with Crippen LogP contribution in [0.25, 0.3) is 12.2 Å². The van der Waals surface area contributed by atoms with Gasteiger partial charge in [0.25, 0.3) is 0 Å². The Hall–Kier alpha value is -2.16. The summed E-state index contributed by atoms with van der Waals surface area (Å²) in [5, 5.41) is 0. The van der Waals surface area contributed by atoms with Crippen LogP contribution in [-0.2, 0) is 14.3 Å². The van der Waals surface area contributed by atoms with E-state index in [0.29, 0.717) is 6.42 Å². The number of carbonyl (C=O) groups excluding carboxylic acids is 2. The van der Waals surface area contributed by atoms with E-state index in [1.54, 1.807) is 6.08 Å². The molecule has 1 aromatic carbocycles. The number of ether oxygens (including phenoxy) is 1. The predicted octanol–water partition coefficient (Wildman–Crippen LogP) is 3.65. The number of benzene rings is 1. The number of carbonyl (C=O) groups is 2. The third-order valence-corrected chi connectivity index (χ3v) is 2.77. The molecule has 1 aromatic rings. The smallest absolute Gasteiger partial charge is 0.305 e. The zero-order valence-corrected chi connectivity index (χ0v) is 12.0. The summed E-state index contributed by atoms with van der Waals surface area (Å²) in [5.74, 6) is -0.148. The molecule has 0 saturated carbocycles. The molecule has 20 heavy (non-hydrogen) atoms. The maximum Gasteiger partial charge on any atom is 0.305 e. The molecule has 0 radical (unpaired) electrons. The second kappa shape index (κ2) is 8.86. The lowest BCUT2D eigenvalue weighted by molar-refractivity contribution is -0.140. The highest BCUT2D eigenvalue weighted by Crippen LogP contribution is 2.13. The molecule has 0 saturated heterocycles. The van der Waals surface area contributed by atoms with Crippen LogP contribution in [0.15, 0.2) is 36.4 Å². The van der Waals surface area contributed by atoms with E-state index in [0.717, 1.165) is 24.0 Å². The number of hydrogen-bond donors (Lipinski definition) is 0. The topological polar surface area (TPSA) is 43.4 Å². The van der Waals surface area contributed by atoms with Gasteiger partial charge in [-0.05, 0) is 37.0 Å². The first-order valence-corrected chi connectivity index (χ1v) is 6.64. The van der Waals surface area contributed by atoms with Gasteiger partial charge in [-0.2, -0.15) is 0 Å². The number of methoxy groups -OCH3 is 1. The summed E-state index contributed by atoms with van der Waals surface area (Å²) >= 11 is 0. The van der Waals surface area contributed by atoms with Crippen molar-refractivity contribution < 1.29 is 14.3 Å². The van der Waals surface area contributed by atoms with Crippen LogP contribution in [0.5, 0.6) is 0 Å². The first-order chi connectivity index (χ1) is 9.63. The minimum atomic E-state index is -0.178. The molecule has 1 rings (SSSR count). The second-order valence-electron chi connectivity index (χ2n) is 4.44. The maximum atomic E-state index is 11.0. The highest BCUT2D eigenvalue weighted by atomic mass is 16.5. The van der Waals surface area contributed by atoms with Crippen molar-refractivity contribution >= 4 is 23.9 Å². The monoisotopic (exact) mass is 272 g/mol. The Labute approximate surface area is 120 Å². The van der Waals surface area contributed by atoms with Crippen molar-refractivity contribution in [2.24, 2.45) is 0 Å². The van der Waals surface area contributed by atoms with Gasteiger partial charge < -0.3 is 4.74 Å². The second-order valence-corrected chi connectivity index (χ2v) is 4.44. The Morgan fingerprint density at radius 2 is 1.80 bits per heavy atom. The Bertz CT molecular complexity index is 513. The van der Waals surface area contributed by atoms with Gasteiger partial charge in [0.15, 0.2) is 5.78 Å². The van der Waals surface area contributed by atoms with E-state index in [2.05, 4.69) is 4.74 Å². The first kappa shape index (κ1) is 15.9. The van der Waals surface area contributed by atoms with Crippen LogP contribution in [0.1, 0.15) is 37.3 Å². The van der Waals surface area contributed by atoms with Crippen LogP contribution in [0.4, 0.5) is 0 Å². The Morgan fingerprint density at radius 1 is 1.15 bits per heavy atom. The standard InChI is InChI=1S/C17H20O3/c1-14(18)12-13-16-10-7-6-9-15(16)8-4-3-5-11-17(19)20-2/h4,6-10,12-13H,3,5,11H2,1-2H3/b8-4+,13-12+. The lowest BCUT2D eigenvalue weighted by atomic mass is 10.1. The van der Waals surface area contributed by atoms with Crippen LogP contribution in [0.3, 0.4) is 0 Å². The zero-order valence-electron chi connectivity index (χ0n) is 12.0. The summed E-state index contributed by atoms with van der Waals surface area (Å²) in [6.07, 6.45) is 9.45. The molecule has 3 nitrogen and oxygen atoms in total. The van der Waals surface area contributed by atoms with Gasteiger partial charge in [-0.1, -0.05) is 42.5 Å². The van der Waals surface area contributed by atoms with Gasteiger partial charge >= 0.3 is 5.97 Å². The predicted molar refractivity (Wildman–Crippen MR) is 81.1 cm³/mol. The molecule has 0 amide bonds. The van der Waals surface area contributed by atoms with Crippen LogP contribution < -0.4 is 0 Å².